The average Bonchev–Trinajstić information content (AvgIpc) is 2.58. The molecule has 14 heavy (non-hydrogen) atoms. The van der Waals surface area contributed by atoms with E-state index in [1.807, 2.05) is 18.5 Å². The van der Waals surface area contributed by atoms with Gasteiger partial charge in [-0.05, 0) is 31.0 Å². The number of pyridine rings is 1. The maximum atomic E-state index is 5.60. The van der Waals surface area contributed by atoms with Crippen LogP contribution in [-0.2, 0) is 12.8 Å². The number of H-pyrrole nitrogens is 1. The molecule has 0 amide bonds. The van der Waals surface area contributed by atoms with Crippen LogP contribution in [0.15, 0.2) is 18.5 Å². The number of nitrogens with one attached hydrogen (secondary N) is 1. The fourth-order valence-corrected chi connectivity index (χ4v) is 1.88. The molecule has 0 atom stereocenters. The van der Waals surface area contributed by atoms with Crippen LogP contribution in [0.3, 0.4) is 0 Å². The van der Waals surface area contributed by atoms with Crippen LogP contribution < -0.4 is 5.73 Å². The van der Waals surface area contributed by atoms with Crippen molar-refractivity contribution in [2.45, 2.75) is 19.8 Å². The first-order valence-electron chi connectivity index (χ1n) is 5.00. The molecule has 2 aromatic rings. The fraction of sp³-hybridized carbons (Fsp3) is 0.364. The molecule has 0 bridgehead atoms. The van der Waals surface area contributed by atoms with E-state index in [-0.39, 0.29) is 0 Å². The Bertz CT molecular complexity index is 431. The molecule has 0 unspecified atom stereocenters. The van der Waals surface area contributed by atoms with Crippen LogP contribution in [-0.4, -0.2) is 16.5 Å². The van der Waals surface area contributed by atoms with Crippen molar-refractivity contribution in [1.82, 2.24) is 9.97 Å². The summed E-state index contributed by atoms with van der Waals surface area (Å²) in [5.41, 5.74) is 9.39. The normalized spacial score (nSPS) is 11.0. The largest absolute Gasteiger partial charge is 0.358 e. The highest BCUT2D eigenvalue weighted by Crippen LogP contribution is 2.21. The minimum atomic E-state index is 0.689. The molecule has 74 valence electrons. The SMILES string of the molecule is CCc1[nH]c2ccncc2c1CCN. The van der Waals surface area contributed by atoms with E-state index in [1.165, 1.54) is 22.2 Å². The maximum Gasteiger partial charge on any atom is 0.0490 e. The number of rotatable bonds is 3. The van der Waals surface area contributed by atoms with Crippen LogP contribution >= 0.6 is 0 Å². The first kappa shape index (κ1) is 9.21. The van der Waals surface area contributed by atoms with Crippen molar-refractivity contribution in [3.63, 3.8) is 0 Å². The van der Waals surface area contributed by atoms with Crippen LogP contribution in [0.4, 0.5) is 0 Å². The second-order valence-corrected chi connectivity index (χ2v) is 3.40. The number of aryl methyl sites for hydroxylation is 1. The van der Waals surface area contributed by atoms with E-state index >= 15 is 0 Å². The molecule has 0 saturated heterocycles. The quantitative estimate of drug-likeness (QED) is 0.771. The molecule has 0 fully saturated rings. The molecule has 3 nitrogen and oxygen atoms in total. The summed E-state index contributed by atoms with van der Waals surface area (Å²) in [5.74, 6) is 0. The Kier molecular flexibility index (Phi) is 2.50. The lowest BCUT2D eigenvalue weighted by Crippen LogP contribution is -2.04. The van der Waals surface area contributed by atoms with Gasteiger partial charge in [-0.25, -0.2) is 0 Å². The zero-order valence-corrected chi connectivity index (χ0v) is 8.38. The number of nitrogens with zero attached hydrogens (tertiary/aromatic N) is 1. The zero-order valence-electron chi connectivity index (χ0n) is 8.38. The van der Waals surface area contributed by atoms with E-state index in [0.717, 1.165) is 12.8 Å². The fourth-order valence-electron chi connectivity index (χ4n) is 1.88. The Morgan fingerprint density at radius 3 is 3.07 bits per heavy atom. The minimum Gasteiger partial charge on any atom is -0.358 e. The first-order chi connectivity index (χ1) is 6.86. The highest BCUT2D eigenvalue weighted by Gasteiger charge is 2.08. The van der Waals surface area contributed by atoms with Crippen molar-refractivity contribution in [1.29, 1.82) is 0 Å². The predicted octanol–water partition coefficient (Wildman–Crippen LogP) is 1.63. The topological polar surface area (TPSA) is 54.7 Å². The van der Waals surface area contributed by atoms with E-state index in [9.17, 15) is 0 Å². The molecule has 3 heteroatoms. The average molecular weight is 189 g/mol. The second kappa shape index (κ2) is 3.80. The van der Waals surface area contributed by atoms with Gasteiger partial charge in [0.15, 0.2) is 0 Å². The van der Waals surface area contributed by atoms with Crippen molar-refractivity contribution in [3.05, 3.63) is 29.7 Å². The maximum absolute atomic E-state index is 5.60. The Hall–Kier alpha value is -1.35. The lowest BCUT2D eigenvalue weighted by atomic mass is 10.1. The molecule has 2 heterocycles. The van der Waals surface area contributed by atoms with E-state index in [4.69, 9.17) is 5.73 Å². The van der Waals surface area contributed by atoms with Crippen molar-refractivity contribution in [3.8, 4) is 0 Å². The highest BCUT2D eigenvalue weighted by molar-refractivity contribution is 5.83. The van der Waals surface area contributed by atoms with Gasteiger partial charge in [0, 0.05) is 29.0 Å². The summed E-state index contributed by atoms with van der Waals surface area (Å²) in [7, 11) is 0. The van der Waals surface area contributed by atoms with Gasteiger partial charge in [0.2, 0.25) is 0 Å². The van der Waals surface area contributed by atoms with Gasteiger partial charge in [0.25, 0.3) is 0 Å². The van der Waals surface area contributed by atoms with Crippen molar-refractivity contribution in [2.24, 2.45) is 5.73 Å². The molecule has 0 radical (unpaired) electrons. The summed E-state index contributed by atoms with van der Waals surface area (Å²) in [5, 5.41) is 1.22. The third kappa shape index (κ3) is 1.40. The Balaban J connectivity index is 2.61. The molecule has 0 saturated carbocycles. The summed E-state index contributed by atoms with van der Waals surface area (Å²) in [6, 6.07) is 2.01. The van der Waals surface area contributed by atoms with Crippen LogP contribution in [0.2, 0.25) is 0 Å². The van der Waals surface area contributed by atoms with Crippen LogP contribution in [0.1, 0.15) is 18.2 Å². The van der Waals surface area contributed by atoms with E-state index in [1.54, 1.807) is 0 Å². The number of fused-ring (bicyclic) bond motifs is 1. The first-order valence-corrected chi connectivity index (χ1v) is 5.00. The van der Waals surface area contributed by atoms with E-state index < -0.39 is 0 Å². The molecule has 0 aliphatic carbocycles. The summed E-state index contributed by atoms with van der Waals surface area (Å²) in [6.45, 7) is 2.84. The molecule has 0 aliphatic heterocycles. The molecule has 0 spiro atoms. The van der Waals surface area contributed by atoms with Crippen LogP contribution in [0, 0.1) is 0 Å². The van der Waals surface area contributed by atoms with E-state index in [0.29, 0.717) is 6.54 Å². The predicted molar refractivity (Wildman–Crippen MR) is 58.2 cm³/mol. The Morgan fingerprint density at radius 1 is 1.50 bits per heavy atom. The third-order valence-corrected chi connectivity index (χ3v) is 2.54. The minimum absolute atomic E-state index is 0.689. The monoisotopic (exact) mass is 189 g/mol. The number of nitrogens with two attached hydrogens (primary N) is 1. The van der Waals surface area contributed by atoms with Crippen molar-refractivity contribution >= 4 is 10.9 Å². The molecule has 2 aromatic heterocycles. The number of aromatic amines is 1. The smallest absolute Gasteiger partial charge is 0.0490 e. The number of hydrogen-bond donors (Lipinski definition) is 2. The highest BCUT2D eigenvalue weighted by atomic mass is 14.7. The summed E-state index contributed by atoms with van der Waals surface area (Å²) in [6.07, 6.45) is 5.67. The van der Waals surface area contributed by atoms with Gasteiger partial charge in [0.1, 0.15) is 0 Å². The van der Waals surface area contributed by atoms with Crippen LogP contribution in [0.25, 0.3) is 10.9 Å². The summed E-state index contributed by atoms with van der Waals surface area (Å²) < 4.78 is 0. The molecule has 3 N–H and O–H groups in total. The van der Waals surface area contributed by atoms with Gasteiger partial charge in [-0.15, -0.1) is 0 Å². The molecule has 0 aromatic carbocycles. The molecular formula is C11H15N3. The molecule has 0 aliphatic rings. The van der Waals surface area contributed by atoms with Crippen molar-refractivity contribution < 1.29 is 0 Å². The van der Waals surface area contributed by atoms with Gasteiger partial charge in [-0.3, -0.25) is 4.98 Å². The van der Waals surface area contributed by atoms with Crippen LogP contribution in [0.5, 0.6) is 0 Å². The Morgan fingerprint density at radius 2 is 2.36 bits per heavy atom. The van der Waals surface area contributed by atoms with Gasteiger partial charge < -0.3 is 10.7 Å². The van der Waals surface area contributed by atoms with Gasteiger partial charge in [0.05, 0.1) is 0 Å². The number of aromatic nitrogens is 2. The Labute approximate surface area is 83.3 Å². The third-order valence-electron chi connectivity index (χ3n) is 2.54. The number of hydrogen-bond acceptors (Lipinski definition) is 2. The van der Waals surface area contributed by atoms with Gasteiger partial charge in [-0.2, -0.15) is 0 Å². The lowest BCUT2D eigenvalue weighted by Gasteiger charge is -1.99. The van der Waals surface area contributed by atoms with Gasteiger partial charge in [-0.1, -0.05) is 6.92 Å². The zero-order chi connectivity index (χ0) is 9.97. The second-order valence-electron chi connectivity index (χ2n) is 3.40. The summed E-state index contributed by atoms with van der Waals surface area (Å²) in [4.78, 5) is 7.55. The van der Waals surface area contributed by atoms with Crippen molar-refractivity contribution in [2.75, 3.05) is 6.54 Å². The molecule has 2 rings (SSSR count). The lowest BCUT2D eigenvalue weighted by molar-refractivity contribution is 0.936. The standard InChI is InChI=1S/C11H15N3/c1-2-10-8(3-5-12)9-7-13-6-4-11(9)14-10/h4,6-7,14H,2-3,5,12H2,1H3. The van der Waals surface area contributed by atoms with Gasteiger partial charge >= 0.3 is 0 Å². The molecular weight excluding hydrogens is 174 g/mol. The van der Waals surface area contributed by atoms with E-state index in [2.05, 4.69) is 16.9 Å². The summed E-state index contributed by atoms with van der Waals surface area (Å²) >= 11 is 0.